The molecule has 0 aliphatic carbocycles. The maximum absolute atomic E-state index is 5.84. The second-order valence-electron chi connectivity index (χ2n) is 2.93. The summed E-state index contributed by atoms with van der Waals surface area (Å²) in [6.45, 7) is 8.19. The average Bonchev–Trinajstić information content (AvgIpc) is 2.21. The maximum Gasteiger partial charge on any atom is 0.0292 e. The van der Waals surface area contributed by atoms with Crippen LogP contribution in [0.3, 0.4) is 0 Å². The first-order valence-corrected chi connectivity index (χ1v) is 5.06. The first kappa shape index (κ1) is 12.2. The van der Waals surface area contributed by atoms with Crippen molar-refractivity contribution in [2.24, 2.45) is 5.73 Å². The van der Waals surface area contributed by atoms with E-state index in [1.165, 1.54) is 11.1 Å². The quantitative estimate of drug-likeness (QED) is 0.739. The third-order valence-electron chi connectivity index (χ3n) is 1.95. The molecule has 0 aromatic heterocycles. The molecule has 0 saturated heterocycles. The molecule has 0 radical (unpaired) electrons. The lowest BCUT2D eigenvalue weighted by atomic mass is 10.0. The molecule has 0 aliphatic rings. The number of hydrogen-bond acceptors (Lipinski definition) is 1. The van der Waals surface area contributed by atoms with Gasteiger partial charge in [-0.1, -0.05) is 50.6 Å². The Morgan fingerprint density at radius 1 is 1.15 bits per heavy atom. The molecule has 0 amide bonds. The van der Waals surface area contributed by atoms with Crippen LogP contribution in [0, 0.1) is 6.92 Å². The Hall–Kier alpha value is -0.820. The smallest absolute Gasteiger partial charge is 0.0292 e. The van der Waals surface area contributed by atoms with E-state index in [9.17, 15) is 0 Å². The minimum absolute atomic E-state index is 0.204. The Kier molecular flexibility index (Phi) is 6.25. The number of benzene rings is 1. The number of nitrogens with two attached hydrogens (primary N) is 1. The van der Waals surface area contributed by atoms with Crippen molar-refractivity contribution < 1.29 is 0 Å². The van der Waals surface area contributed by atoms with Crippen LogP contribution in [0.15, 0.2) is 24.3 Å². The van der Waals surface area contributed by atoms with Crippen molar-refractivity contribution in [2.45, 2.75) is 40.2 Å². The molecule has 1 unspecified atom stereocenters. The number of hydrogen-bond donors (Lipinski definition) is 1. The lowest BCUT2D eigenvalue weighted by molar-refractivity contribution is 0.698. The Labute approximate surface area is 82.0 Å². The third kappa shape index (κ3) is 4.09. The highest BCUT2D eigenvalue weighted by molar-refractivity contribution is 5.23. The molecule has 0 saturated carbocycles. The molecule has 1 nitrogen and oxygen atoms in total. The van der Waals surface area contributed by atoms with E-state index in [1.807, 2.05) is 13.8 Å². The van der Waals surface area contributed by atoms with Gasteiger partial charge < -0.3 is 5.73 Å². The number of aryl methyl sites for hydroxylation is 1. The molecular weight excluding hydrogens is 158 g/mol. The van der Waals surface area contributed by atoms with Crippen molar-refractivity contribution in [2.75, 3.05) is 0 Å². The first-order valence-electron chi connectivity index (χ1n) is 5.06. The molecular formula is C12H21N. The highest BCUT2D eigenvalue weighted by atomic mass is 14.6. The van der Waals surface area contributed by atoms with Crippen LogP contribution in [0.25, 0.3) is 0 Å². The van der Waals surface area contributed by atoms with Crippen LogP contribution in [0.4, 0.5) is 0 Å². The average molecular weight is 179 g/mol. The van der Waals surface area contributed by atoms with Gasteiger partial charge in [0.15, 0.2) is 0 Å². The molecule has 1 heteroatoms. The predicted molar refractivity (Wildman–Crippen MR) is 59.7 cm³/mol. The van der Waals surface area contributed by atoms with Gasteiger partial charge >= 0.3 is 0 Å². The fourth-order valence-electron chi connectivity index (χ4n) is 1.05. The summed E-state index contributed by atoms with van der Waals surface area (Å²) in [6, 6.07) is 8.61. The first-order chi connectivity index (χ1) is 6.24. The fourth-order valence-corrected chi connectivity index (χ4v) is 1.05. The van der Waals surface area contributed by atoms with Gasteiger partial charge in [0.2, 0.25) is 0 Å². The second-order valence-corrected chi connectivity index (χ2v) is 2.93. The zero-order chi connectivity index (χ0) is 10.3. The van der Waals surface area contributed by atoms with Crippen molar-refractivity contribution in [1.82, 2.24) is 0 Å². The van der Waals surface area contributed by atoms with Gasteiger partial charge in [-0.15, -0.1) is 0 Å². The largest absolute Gasteiger partial charge is 0.324 e. The molecule has 1 aromatic carbocycles. The zero-order valence-electron chi connectivity index (χ0n) is 9.17. The second kappa shape index (κ2) is 6.67. The van der Waals surface area contributed by atoms with Crippen molar-refractivity contribution in [3.8, 4) is 0 Å². The highest BCUT2D eigenvalue weighted by Gasteiger charge is 2.00. The Morgan fingerprint density at radius 3 is 2.00 bits per heavy atom. The molecule has 0 spiro atoms. The standard InChI is InChI=1S/C10H15N.C2H6/c1-3-10(11)9-6-4-8(2)5-7-9;1-2/h4-7,10H,3,11H2,1-2H3;1-2H3. The van der Waals surface area contributed by atoms with Crippen LogP contribution in [0.2, 0.25) is 0 Å². The predicted octanol–water partition coefficient (Wildman–Crippen LogP) is 3.43. The zero-order valence-corrected chi connectivity index (χ0v) is 9.17. The minimum atomic E-state index is 0.204. The molecule has 1 atom stereocenters. The summed E-state index contributed by atoms with van der Waals surface area (Å²) in [5.74, 6) is 0. The minimum Gasteiger partial charge on any atom is -0.324 e. The van der Waals surface area contributed by atoms with E-state index in [-0.39, 0.29) is 6.04 Å². The van der Waals surface area contributed by atoms with E-state index in [1.54, 1.807) is 0 Å². The van der Waals surface area contributed by atoms with Gasteiger partial charge in [-0.2, -0.15) is 0 Å². The molecule has 1 rings (SSSR count). The molecule has 2 N–H and O–H groups in total. The van der Waals surface area contributed by atoms with Gasteiger partial charge in [0.25, 0.3) is 0 Å². The molecule has 0 fully saturated rings. The third-order valence-corrected chi connectivity index (χ3v) is 1.95. The molecule has 0 bridgehead atoms. The molecule has 0 heterocycles. The summed E-state index contributed by atoms with van der Waals surface area (Å²) in [5.41, 5.74) is 8.37. The van der Waals surface area contributed by atoms with Gasteiger partial charge in [0.1, 0.15) is 0 Å². The van der Waals surface area contributed by atoms with Crippen molar-refractivity contribution in [3.05, 3.63) is 35.4 Å². The van der Waals surface area contributed by atoms with Gasteiger partial charge in [-0.3, -0.25) is 0 Å². The van der Waals surface area contributed by atoms with Crippen LogP contribution in [0.1, 0.15) is 44.4 Å². The van der Waals surface area contributed by atoms with Crippen LogP contribution in [-0.2, 0) is 0 Å². The van der Waals surface area contributed by atoms with E-state index in [0.717, 1.165) is 6.42 Å². The molecule has 0 aliphatic heterocycles. The van der Waals surface area contributed by atoms with Gasteiger partial charge in [-0.05, 0) is 18.9 Å². The lowest BCUT2D eigenvalue weighted by Crippen LogP contribution is -2.07. The van der Waals surface area contributed by atoms with Gasteiger partial charge in [0, 0.05) is 6.04 Å². The van der Waals surface area contributed by atoms with E-state index >= 15 is 0 Å². The van der Waals surface area contributed by atoms with Crippen LogP contribution in [-0.4, -0.2) is 0 Å². The van der Waals surface area contributed by atoms with Gasteiger partial charge in [0.05, 0.1) is 0 Å². The summed E-state index contributed by atoms with van der Waals surface area (Å²) < 4.78 is 0. The van der Waals surface area contributed by atoms with Gasteiger partial charge in [-0.25, -0.2) is 0 Å². The van der Waals surface area contributed by atoms with Crippen molar-refractivity contribution in [3.63, 3.8) is 0 Å². The van der Waals surface area contributed by atoms with Crippen LogP contribution in [0.5, 0.6) is 0 Å². The molecule has 1 aromatic rings. The van der Waals surface area contributed by atoms with Crippen molar-refractivity contribution in [1.29, 1.82) is 0 Å². The summed E-state index contributed by atoms with van der Waals surface area (Å²) in [6.07, 6.45) is 1.00. The summed E-state index contributed by atoms with van der Waals surface area (Å²) in [5, 5.41) is 0. The van der Waals surface area contributed by atoms with Crippen LogP contribution >= 0.6 is 0 Å². The number of rotatable bonds is 2. The summed E-state index contributed by atoms with van der Waals surface area (Å²) in [7, 11) is 0. The monoisotopic (exact) mass is 179 g/mol. The summed E-state index contributed by atoms with van der Waals surface area (Å²) in [4.78, 5) is 0. The topological polar surface area (TPSA) is 26.0 Å². The Morgan fingerprint density at radius 2 is 1.62 bits per heavy atom. The lowest BCUT2D eigenvalue weighted by Gasteiger charge is -2.08. The van der Waals surface area contributed by atoms with Crippen LogP contribution < -0.4 is 5.73 Å². The normalized spacial score (nSPS) is 11.5. The SMILES string of the molecule is CC.CCC(N)c1ccc(C)cc1. The van der Waals surface area contributed by atoms with Crippen molar-refractivity contribution >= 4 is 0 Å². The maximum atomic E-state index is 5.84. The fraction of sp³-hybridized carbons (Fsp3) is 0.500. The molecule has 13 heavy (non-hydrogen) atoms. The van der Waals surface area contributed by atoms with E-state index in [0.29, 0.717) is 0 Å². The highest BCUT2D eigenvalue weighted by Crippen LogP contribution is 2.13. The Balaban J connectivity index is 0.000000671. The summed E-state index contributed by atoms with van der Waals surface area (Å²) >= 11 is 0. The Bertz CT molecular complexity index is 213. The van der Waals surface area contributed by atoms with E-state index in [4.69, 9.17) is 5.73 Å². The molecule has 74 valence electrons. The van der Waals surface area contributed by atoms with E-state index in [2.05, 4.69) is 38.1 Å². The van der Waals surface area contributed by atoms with E-state index < -0.39 is 0 Å².